The summed E-state index contributed by atoms with van der Waals surface area (Å²) >= 11 is 0. The lowest BCUT2D eigenvalue weighted by molar-refractivity contribution is -0.137. The molecule has 0 bridgehead atoms. The Balaban J connectivity index is 1.73. The standard InChI is InChI=1S/C27H28N2O4/c1-18(30)22-16-28(2)17-23(27(32)33-3)21(22)14-26(31)25-13-20-11-7-8-12-24(20)29(25)15-19-9-5-4-6-10-19/h4-13,17,21-22H,14-16H2,1-3H3/t21-,22+/m0/s1. The van der Waals surface area contributed by atoms with Gasteiger partial charge in [0.25, 0.3) is 0 Å². The zero-order valence-electron chi connectivity index (χ0n) is 19.2. The molecule has 0 saturated heterocycles. The molecule has 0 spiro atoms. The molecule has 3 aromatic rings. The van der Waals surface area contributed by atoms with E-state index in [1.807, 2.05) is 77.2 Å². The van der Waals surface area contributed by atoms with Crippen molar-refractivity contribution in [3.63, 3.8) is 0 Å². The number of carbonyl (C=O) groups is 3. The van der Waals surface area contributed by atoms with E-state index in [4.69, 9.17) is 4.74 Å². The van der Waals surface area contributed by atoms with Crippen molar-refractivity contribution in [2.75, 3.05) is 20.7 Å². The first kappa shape index (κ1) is 22.5. The topological polar surface area (TPSA) is 68.6 Å². The van der Waals surface area contributed by atoms with Crippen LogP contribution in [0.4, 0.5) is 0 Å². The zero-order chi connectivity index (χ0) is 23.5. The molecule has 6 heteroatoms. The molecule has 0 radical (unpaired) electrons. The SMILES string of the molecule is COC(=O)C1=CN(C)C[C@H](C(C)=O)[C@@H]1CC(=O)c1cc2ccccc2n1Cc1ccccc1. The summed E-state index contributed by atoms with van der Waals surface area (Å²) in [6.07, 6.45) is 1.76. The van der Waals surface area contributed by atoms with E-state index in [2.05, 4.69) is 0 Å². The summed E-state index contributed by atoms with van der Waals surface area (Å²) in [5.41, 5.74) is 3.00. The number of nitrogens with zero attached hydrogens (tertiary/aromatic N) is 2. The maximum absolute atomic E-state index is 13.7. The average molecular weight is 445 g/mol. The van der Waals surface area contributed by atoms with E-state index in [0.717, 1.165) is 16.5 Å². The summed E-state index contributed by atoms with van der Waals surface area (Å²) in [7, 11) is 3.13. The van der Waals surface area contributed by atoms with Crippen molar-refractivity contribution < 1.29 is 19.1 Å². The van der Waals surface area contributed by atoms with Crippen LogP contribution in [0.25, 0.3) is 10.9 Å². The Hall–Kier alpha value is -3.67. The van der Waals surface area contributed by atoms with Crippen LogP contribution in [0.1, 0.15) is 29.4 Å². The summed E-state index contributed by atoms with van der Waals surface area (Å²) in [5.74, 6) is -1.63. The molecule has 1 aromatic heterocycles. The molecule has 0 unspecified atom stereocenters. The third-order valence-corrected chi connectivity index (χ3v) is 6.36. The van der Waals surface area contributed by atoms with Gasteiger partial charge in [0.05, 0.1) is 18.4 Å². The molecule has 1 aliphatic rings. The highest BCUT2D eigenvalue weighted by Gasteiger charge is 2.38. The van der Waals surface area contributed by atoms with Crippen molar-refractivity contribution in [2.24, 2.45) is 11.8 Å². The number of hydrogen-bond acceptors (Lipinski definition) is 5. The second-order valence-corrected chi connectivity index (χ2v) is 8.63. The number of esters is 1. The molecule has 2 aromatic carbocycles. The normalized spacial score (nSPS) is 18.2. The number of ketones is 2. The van der Waals surface area contributed by atoms with Gasteiger partial charge in [0.15, 0.2) is 5.78 Å². The van der Waals surface area contributed by atoms with E-state index in [-0.39, 0.29) is 18.0 Å². The molecular formula is C27H28N2O4. The first-order valence-electron chi connectivity index (χ1n) is 11.0. The maximum Gasteiger partial charge on any atom is 0.335 e. The fourth-order valence-electron chi connectivity index (χ4n) is 4.71. The minimum atomic E-state index is -0.526. The van der Waals surface area contributed by atoms with E-state index in [9.17, 15) is 14.4 Å². The number of fused-ring (bicyclic) bond motifs is 1. The van der Waals surface area contributed by atoms with Crippen molar-refractivity contribution in [2.45, 2.75) is 19.9 Å². The predicted octanol–water partition coefficient (Wildman–Crippen LogP) is 4.09. The summed E-state index contributed by atoms with van der Waals surface area (Å²) in [5, 5.41) is 0.979. The van der Waals surface area contributed by atoms with Crippen molar-refractivity contribution in [1.82, 2.24) is 9.47 Å². The highest BCUT2D eigenvalue weighted by atomic mass is 16.5. The van der Waals surface area contributed by atoms with Crippen LogP contribution in [0.15, 0.2) is 72.4 Å². The van der Waals surface area contributed by atoms with Crippen LogP contribution in [0, 0.1) is 11.8 Å². The van der Waals surface area contributed by atoms with E-state index in [1.165, 1.54) is 14.0 Å². The van der Waals surface area contributed by atoms with Crippen molar-refractivity contribution in [3.8, 4) is 0 Å². The van der Waals surface area contributed by atoms with Gasteiger partial charge in [0.1, 0.15) is 5.78 Å². The lowest BCUT2D eigenvalue weighted by Crippen LogP contribution is -2.40. The fourth-order valence-corrected chi connectivity index (χ4v) is 4.71. The van der Waals surface area contributed by atoms with Crippen LogP contribution < -0.4 is 0 Å². The van der Waals surface area contributed by atoms with Gasteiger partial charge in [-0.2, -0.15) is 0 Å². The number of benzene rings is 2. The molecule has 33 heavy (non-hydrogen) atoms. The number of ether oxygens (including phenoxy) is 1. The van der Waals surface area contributed by atoms with Crippen LogP contribution >= 0.6 is 0 Å². The van der Waals surface area contributed by atoms with Gasteiger partial charge in [-0.3, -0.25) is 9.59 Å². The molecular weight excluding hydrogens is 416 g/mol. The first-order valence-corrected chi connectivity index (χ1v) is 11.0. The molecule has 6 nitrogen and oxygen atoms in total. The molecule has 170 valence electrons. The second kappa shape index (κ2) is 9.45. The fraction of sp³-hybridized carbons (Fsp3) is 0.296. The van der Waals surface area contributed by atoms with Gasteiger partial charge in [0, 0.05) is 55.5 Å². The third-order valence-electron chi connectivity index (χ3n) is 6.36. The number of rotatable bonds is 7. The Morgan fingerprint density at radius 3 is 2.42 bits per heavy atom. The summed E-state index contributed by atoms with van der Waals surface area (Å²) < 4.78 is 6.99. The Kier molecular flexibility index (Phi) is 6.45. The number of aromatic nitrogens is 1. The highest BCUT2D eigenvalue weighted by molar-refractivity contribution is 6.02. The Bertz CT molecular complexity index is 1230. The second-order valence-electron chi connectivity index (χ2n) is 8.63. The summed E-state index contributed by atoms with van der Waals surface area (Å²) in [6.45, 7) is 2.53. The summed E-state index contributed by atoms with van der Waals surface area (Å²) in [6, 6.07) is 19.8. The van der Waals surface area contributed by atoms with Crippen LogP contribution in [0.3, 0.4) is 0 Å². The Labute approximate surface area is 193 Å². The van der Waals surface area contributed by atoms with Gasteiger partial charge < -0.3 is 14.2 Å². The highest BCUT2D eigenvalue weighted by Crippen LogP contribution is 2.33. The number of methoxy groups -OCH3 is 1. The predicted molar refractivity (Wildman–Crippen MR) is 127 cm³/mol. The number of hydrogen-bond donors (Lipinski definition) is 0. The maximum atomic E-state index is 13.7. The Morgan fingerprint density at radius 2 is 1.73 bits per heavy atom. The van der Waals surface area contributed by atoms with Crippen molar-refractivity contribution in [3.05, 3.63) is 83.7 Å². The van der Waals surface area contributed by atoms with Crippen LogP contribution in [-0.4, -0.2) is 47.7 Å². The molecule has 0 N–H and O–H groups in total. The minimum absolute atomic E-state index is 0.0426. The van der Waals surface area contributed by atoms with Gasteiger partial charge in [-0.15, -0.1) is 0 Å². The molecule has 0 amide bonds. The Morgan fingerprint density at radius 1 is 1.03 bits per heavy atom. The molecule has 0 fully saturated rings. The quantitative estimate of drug-likeness (QED) is 0.406. The molecule has 4 rings (SSSR count). The van der Waals surface area contributed by atoms with Crippen LogP contribution in [-0.2, 0) is 20.9 Å². The van der Waals surface area contributed by atoms with E-state index in [1.54, 1.807) is 6.20 Å². The number of carbonyl (C=O) groups excluding carboxylic acids is 3. The van der Waals surface area contributed by atoms with E-state index >= 15 is 0 Å². The van der Waals surface area contributed by atoms with Crippen molar-refractivity contribution >= 4 is 28.4 Å². The van der Waals surface area contributed by atoms with Gasteiger partial charge in [-0.1, -0.05) is 48.5 Å². The van der Waals surface area contributed by atoms with Gasteiger partial charge in [0.2, 0.25) is 0 Å². The molecule has 2 heterocycles. The van der Waals surface area contributed by atoms with Crippen LogP contribution in [0.5, 0.6) is 0 Å². The molecule has 0 saturated carbocycles. The molecule has 0 aliphatic carbocycles. The summed E-state index contributed by atoms with van der Waals surface area (Å²) in [4.78, 5) is 40.5. The smallest absolute Gasteiger partial charge is 0.335 e. The van der Waals surface area contributed by atoms with Crippen molar-refractivity contribution in [1.29, 1.82) is 0 Å². The lowest BCUT2D eigenvalue weighted by Gasteiger charge is -2.34. The first-order chi connectivity index (χ1) is 15.9. The number of Topliss-reactive ketones (excluding diaryl/α,β-unsaturated/α-hetero) is 2. The zero-order valence-corrected chi connectivity index (χ0v) is 19.2. The molecule has 1 aliphatic heterocycles. The van der Waals surface area contributed by atoms with Gasteiger partial charge in [-0.05, 0) is 24.6 Å². The van der Waals surface area contributed by atoms with E-state index in [0.29, 0.717) is 24.4 Å². The lowest BCUT2D eigenvalue weighted by atomic mass is 9.77. The number of para-hydroxylation sites is 1. The minimum Gasteiger partial charge on any atom is -0.466 e. The van der Waals surface area contributed by atoms with Crippen LogP contribution in [0.2, 0.25) is 0 Å². The molecule has 2 atom stereocenters. The monoisotopic (exact) mass is 444 g/mol. The van der Waals surface area contributed by atoms with Gasteiger partial charge >= 0.3 is 5.97 Å². The average Bonchev–Trinajstić information content (AvgIpc) is 3.18. The largest absolute Gasteiger partial charge is 0.466 e. The van der Waals surface area contributed by atoms with Gasteiger partial charge in [-0.25, -0.2) is 4.79 Å². The van der Waals surface area contributed by atoms with E-state index < -0.39 is 17.8 Å². The third kappa shape index (κ3) is 4.60.